The summed E-state index contributed by atoms with van der Waals surface area (Å²) in [6.45, 7) is 0. The standard InChI is InChI=1S/C23H21N5O7/c1-28(2)18(29)10-11-23(20(30)25-22(32)26-21(23)31)35-16-8-6-15(7-9-16)34-17-5-3-4-14(12-17)19-27-24-13-33-19/h3-9,12-13H,10-11H2,1-2H3,(H2,25,26,30,31,32). The molecule has 3 aromatic rings. The molecule has 1 aromatic heterocycles. The first-order chi connectivity index (χ1) is 16.8. The Morgan fingerprint density at radius 1 is 1.00 bits per heavy atom. The SMILES string of the molecule is CN(C)C(=O)CCC1(Oc2ccc(Oc3cccc(-c4nnco4)c3)cc2)C(=O)NC(=O)NC1=O. The summed E-state index contributed by atoms with van der Waals surface area (Å²) in [5.41, 5.74) is -1.42. The quantitative estimate of drug-likeness (QED) is 0.461. The number of hydrogen-bond donors (Lipinski definition) is 2. The summed E-state index contributed by atoms with van der Waals surface area (Å²) in [6, 6.07) is 12.2. The topological polar surface area (TPSA) is 153 Å². The second-order valence-electron chi connectivity index (χ2n) is 7.80. The van der Waals surface area contributed by atoms with Crippen molar-refractivity contribution in [3.8, 4) is 28.7 Å². The lowest BCUT2D eigenvalue weighted by atomic mass is 9.93. The summed E-state index contributed by atoms with van der Waals surface area (Å²) in [5.74, 6) is -0.736. The Hall–Kier alpha value is -4.74. The van der Waals surface area contributed by atoms with Crippen molar-refractivity contribution in [2.75, 3.05) is 14.1 Å². The van der Waals surface area contributed by atoms with Gasteiger partial charge in [-0.15, -0.1) is 10.2 Å². The number of ether oxygens (including phenoxy) is 2. The van der Waals surface area contributed by atoms with Crippen molar-refractivity contribution in [2.24, 2.45) is 0 Å². The number of aromatic nitrogens is 2. The van der Waals surface area contributed by atoms with E-state index in [1.807, 2.05) is 10.6 Å². The predicted molar refractivity (Wildman–Crippen MR) is 119 cm³/mol. The summed E-state index contributed by atoms with van der Waals surface area (Å²) < 4.78 is 16.8. The van der Waals surface area contributed by atoms with Gasteiger partial charge >= 0.3 is 6.03 Å². The highest BCUT2D eigenvalue weighted by Gasteiger charge is 2.53. The first-order valence-corrected chi connectivity index (χ1v) is 10.5. The average Bonchev–Trinajstić information content (AvgIpc) is 3.37. The number of hydrogen-bond acceptors (Lipinski definition) is 9. The maximum atomic E-state index is 12.7. The van der Waals surface area contributed by atoms with E-state index in [2.05, 4.69) is 10.2 Å². The fraction of sp³-hybridized carbons (Fsp3) is 0.217. The molecule has 2 N–H and O–H groups in total. The molecule has 180 valence electrons. The molecule has 1 fully saturated rings. The van der Waals surface area contributed by atoms with Gasteiger partial charge in [-0.2, -0.15) is 0 Å². The molecule has 0 bridgehead atoms. The van der Waals surface area contributed by atoms with Crippen LogP contribution in [0.15, 0.2) is 59.3 Å². The highest BCUT2D eigenvalue weighted by Crippen LogP contribution is 2.30. The molecule has 35 heavy (non-hydrogen) atoms. The number of barbiturate groups is 1. The molecular formula is C23H21N5O7. The van der Waals surface area contributed by atoms with E-state index < -0.39 is 23.4 Å². The van der Waals surface area contributed by atoms with Gasteiger partial charge in [0.15, 0.2) is 0 Å². The van der Waals surface area contributed by atoms with Gasteiger partial charge in [-0.25, -0.2) is 4.79 Å². The first kappa shape index (κ1) is 23.4. The summed E-state index contributed by atoms with van der Waals surface area (Å²) in [6.07, 6.45) is 0.808. The van der Waals surface area contributed by atoms with Crippen molar-refractivity contribution in [1.82, 2.24) is 25.7 Å². The molecule has 0 unspecified atom stereocenters. The van der Waals surface area contributed by atoms with Crippen molar-refractivity contribution in [3.63, 3.8) is 0 Å². The monoisotopic (exact) mass is 479 g/mol. The van der Waals surface area contributed by atoms with Crippen LogP contribution in [0.3, 0.4) is 0 Å². The molecule has 12 heteroatoms. The van der Waals surface area contributed by atoms with Crippen LogP contribution in [0.25, 0.3) is 11.5 Å². The number of nitrogens with zero attached hydrogens (tertiary/aromatic N) is 3. The van der Waals surface area contributed by atoms with Crippen molar-refractivity contribution in [1.29, 1.82) is 0 Å². The van der Waals surface area contributed by atoms with Crippen LogP contribution in [0.5, 0.6) is 17.2 Å². The number of nitrogens with one attached hydrogen (secondary N) is 2. The fourth-order valence-corrected chi connectivity index (χ4v) is 3.32. The van der Waals surface area contributed by atoms with E-state index in [4.69, 9.17) is 13.9 Å². The zero-order valence-electron chi connectivity index (χ0n) is 18.8. The van der Waals surface area contributed by atoms with Crippen LogP contribution in [-0.4, -0.2) is 58.5 Å². The predicted octanol–water partition coefficient (Wildman–Crippen LogP) is 1.88. The Bertz CT molecular complexity index is 1240. The molecule has 4 rings (SSSR count). The average molecular weight is 479 g/mol. The van der Waals surface area contributed by atoms with E-state index in [9.17, 15) is 19.2 Å². The Kier molecular flexibility index (Phi) is 6.44. The summed E-state index contributed by atoms with van der Waals surface area (Å²) in [5, 5.41) is 11.6. The number of carbonyl (C=O) groups is 4. The van der Waals surface area contributed by atoms with Gasteiger partial charge in [0.1, 0.15) is 17.2 Å². The summed E-state index contributed by atoms with van der Waals surface area (Å²) in [7, 11) is 3.10. The molecule has 0 aliphatic carbocycles. The van der Waals surface area contributed by atoms with E-state index in [1.165, 1.54) is 23.4 Å². The third kappa shape index (κ3) is 5.11. The second-order valence-corrected chi connectivity index (χ2v) is 7.80. The molecule has 1 aliphatic rings. The molecule has 2 heterocycles. The number of urea groups is 1. The maximum Gasteiger partial charge on any atom is 0.328 e. The van der Waals surface area contributed by atoms with Crippen LogP contribution in [0, 0.1) is 0 Å². The minimum atomic E-state index is -2.10. The van der Waals surface area contributed by atoms with Gasteiger partial charge in [0.2, 0.25) is 18.2 Å². The third-order valence-electron chi connectivity index (χ3n) is 5.17. The van der Waals surface area contributed by atoms with Crippen LogP contribution < -0.4 is 20.1 Å². The maximum absolute atomic E-state index is 12.7. The highest BCUT2D eigenvalue weighted by molar-refractivity contribution is 6.22. The van der Waals surface area contributed by atoms with E-state index in [-0.39, 0.29) is 24.5 Å². The number of benzene rings is 2. The van der Waals surface area contributed by atoms with Gasteiger partial charge < -0.3 is 18.8 Å². The zero-order valence-corrected chi connectivity index (χ0v) is 18.8. The summed E-state index contributed by atoms with van der Waals surface area (Å²) >= 11 is 0. The first-order valence-electron chi connectivity index (χ1n) is 10.5. The van der Waals surface area contributed by atoms with Crippen molar-refractivity contribution in [2.45, 2.75) is 18.4 Å². The Balaban J connectivity index is 1.51. The van der Waals surface area contributed by atoms with Gasteiger partial charge in [0, 0.05) is 32.5 Å². The third-order valence-corrected chi connectivity index (χ3v) is 5.17. The molecule has 12 nitrogen and oxygen atoms in total. The fourth-order valence-electron chi connectivity index (χ4n) is 3.32. The lowest BCUT2D eigenvalue weighted by molar-refractivity contribution is -0.152. The zero-order chi connectivity index (χ0) is 25.0. The highest BCUT2D eigenvalue weighted by atomic mass is 16.5. The van der Waals surface area contributed by atoms with E-state index in [0.717, 1.165) is 0 Å². The minimum absolute atomic E-state index is 0.153. The van der Waals surface area contributed by atoms with Crippen LogP contribution in [0.1, 0.15) is 12.8 Å². The summed E-state index contributed by atoms with van der Waals surface area (Å²) in [4.78, 5) is 50.3. The minimum Gasteiger partial charge on any atom is -0.467 e. The molecule has 1 aliphatic heterocycles. The molecule has 1 saturated heterocycles. The van der Waals surface area contributed by atoms with Crippen molar-refractivity contribution < 1.29 is 33.1 Å². The van der Waals surface area contributed by atoms with Crippen LogP contribution in [0.2, 0.25) is 0 Å². The number of amides is 5. The van der Waals surface area contributed by atoms with Crippen LogP contribution >= 0.6 is 0 Å². The van der Waals surface area contributed by atoms with Crippen LogP contribution in [0.4, 0.5) is 4.79 Å². The van der Waals surface area contributed by atoms with Gasteiger partial charge in [0.25, 0.3) is 17.4 Å². The molecule has 5 amide bonds. The van der Waals surface area contributed by atoms with Crippen molar-refractivity contribution in [3.05, 3.63) is 54.9 Å². The number of carbonyl (C=O) groups excluding carboxylic acids is 4. The second kappa shape index (κ2) is 9.63. The Morgan fingerprint density at radius 2 is 1.69 bits per heavy atom. The largest absolute Gasteiger partial charge is 0.467 e. The molecule has 0 radical (unpaired) electrons. The smallest absolute Gasteiger partial charge is 0.328 e. The molecule has 0 atom stereocenters. The lowest BCUT2D eigenvalue weighted by Gasteiger charge is -2.34. The number of rotatable bonds is 8. The van der Waals surface area contributed by atoms with Gasteiger partial charge in [-0.3, -0.25) is 25.0 Å². The normalized spacial score (nSPS) is 14.6. The molecular weight excluding hydrogens is 458 g/mol. The van der Waals surface area contributed by atoms with E-state index >= 15 is 0 Å². The van der Waals surface area contributed by atoms with E-state index in [1.54, 1.807) is 50.5 Å². The van der Waals surface area contributed by atoms with Gasteiger partial charge in [-0.05, 0) is 42.5 Å². The lowest BCUT2D eigenvalue weighted by Crippen LogP contribution is -2.69. The van der Waals surface area contributed by atoms with Crippen LogP contribution in [-0.2, 0) is 14.4 Å². The van der Waals surface area contributed by atoms with Crippen molar-refractivity contribution >= 4 is 23.8 Å². The molecule has 0 spiro atoms. The van der Waals surface area contributed by atoms with Gasteiger partial charge in [0.05, 0.1) is 0 Å². The van der Waals surface area contributed by atoms with Gasteiger partial charge in [-0.1, -0.05) is 6.07 Å². The Labute approximate surface area is 199 Å². The molecule has 2 aromatic carbocycles. The molecule has 0 saturated carbocycles. The Morgan fingerprint density at radius 3 is 2.31 bits per heavy atom. The van der Waals surface area contributed by atoms with E-state index in [0.29, 0.717) is 23.0 Å². The number of imide groups is 2.